The number of H-pyrrole nitrogens is 2. The molecule has 4 aromatic rings. The van der Waals surface area contributed by atoms with Crippen LogP contribution in [0.5, 0.6) is 0 Å². The molecule has 0 saturated carbocycles. The highest BCUT2D eigenvalue weighted by Crippen LogP contribution is 2.36. The highest BCUT2D eigenvalue weighted by molar-refractivity contribution is 6.35. The fourth-order valence-electron chi connectivity index (χ4n) is 4.44. The van der Waals surface area contributed by atoms with Crippen LogP contribution in [-0.2, 0) is 35.1 Å². The summed E-state index contributed by atoms with van der Waals surface area (Å²) in [6.45, 7) is 0. The highest BCUT2D eigenvalue weighted by atomic mass is 16.5. The summed E-state index contributed by atoms with van der Waals surface area (Å²) >= 11 is 0. The number of rotatable bonds is 6. The lowest BCUT2D eigenvalue weighted by Crippen LogP contribution is -2.03. The number of nitrogens with one attached hydrogen (secondary N) is 4. The third kappa shape index (κ3) is 8.42. The van der Waals surface area contributed by atoms with Gasteiger partial charge in [-0.15, -0.1) is 0 Å². The molecule has 4 N–H and O–H groups in total. The molecule has 0 fully saturated rings. The van der Waals surface area contributed by atoms with Crippen molar-refractivity contribution in [2.75, 3.05) is 24.9 Å². The van der Waals surface area contributed by atoms with Crippen LogP contribution in [0.4, 0.5) is 11.4 Å². The first-order chi connectivity index (χ1) is 21.8. The van der Waals surface area contributed by atoms with Crippen LogP contribution in [0.15, 0.2) is 85.2 Å². The van der Waals surface area contributed by atoms with E-state index in [4.69, 9.17) is 0 Å². The Labute approximate surface area is 258 Å². The topological polar surface area (TPSA) is 159 Å². The van der Waals surface area contributed by atoms with Gasteiger partial charge in [0.2, 0.25) is 5.91 Å². The average Bonchev–Trinajstić information content (AvgIpc) is 3.87. The molecule has 45 heavy (non-hydrogen) atoms. The minimum Gasteiger partial charge on any atom is -0.466 e. The van der Waals surface area contributed by atoms with E-state index < -0.39 is 11.9 Å². The van der Waals surface area contributed by atoms with Gasteiger partial charge in [0.25, 0.3) is 5.91 Å². The van der Waals surface area contributed by atoms with Crippen LogP contribution in [0.3, 0.4) is 0 Å². The van der Waals surface area contributed by atoms with Gasteiger partial charge in [0.15, 0.2) is 6.29 Å². The highest BCUT2D eigenvalue weighted by Gasteiger charge is 2.26. The van der Waals surface area contributed by atoms with Gasteiger partial charge in [0.05, 0.1) is 31.9 Å². The van der Waals surface area contributed by atoms with E-state index in [2.05, 4.69) is 30.1 Å². The van der Waals surface area contributed by atoms with Crippen molar-refractivity contribution < 1.29 is 33.4 Å². The van der Waals surface area contributed by atoms with Gasteiger partial charge in [0.1, 0.15) is 0 Å². The Morgan fingerprint density at radius 2 is 1.33 bits per heavy atom. The molecule has 0 bridgehead atoms. The molecule has 6 rings (SSSR count). The van der Waals surface area contributed by atoms with E-state index in [1.807, 2.05) is 48.5 Å². The summed E-state index contributed by atoms with van der Waals surface area (Å²) in [5, 5.41) is 5.58. The molecule has 4 heterocycles. The summed E-state index contributed by atoms with van der Waals surface area (Å²) < 4.78 is 9.10. The second-order valence-corrected chi connectivity index (χ2v) is 9.46. The molecular weight excluding hydrogens is 576 g/mol. The number of methoxy groups -OCH3 is 2. The maximum Gasteiger partial charge on any atom is 0.330 e. The average molecular weight is 607 g/mol. The third-order valence-corrected chi connectivity index (χ3v) is 6.55. The number of hydrogen-bond donors (Lipinski definition) is 4. The first-order valence-corrected chi connectivity index (χ1v) is 13.6. The van der Waals surface area contributed by atoms with Crippen molar-refractivity contribution in [1.82, 2.24) is 9.97 Å². The molecule has 0 aliphatic carbocycles. The number of benzene rings is 2. The summed E-state index contributed by atoms with van der Waals surface area (Å²) in [5.74, 6) is -1.03. The number of esters is 2. The molecular formula is C34H30N4O7. The van der Waals surface area contributed by atoms with Crippen molar-refractivity contribution in [3.63, 3.8) is 0 Å². The van der Waals surface area contributed by atoms with Crippen LogP contribution >= 0.6 is 0 Å². The molecule has 2 aliphatic rings. The standard InChI is InChI=1S/C17H14N2O3.C12H11NO3.C5H5NO/c1-22-15(20)8-7-11-4-2-6-14-16(11)13(17(21)19-14)10-12-5-3-9-18-12;1-16-12(15)6-5-8-3-2-4-10-9(8)7-11(14)13-10;7-4-5-2-1-3-6-5/h2-10,18H,1H3,(H,19,21);2-6H,7H2,1H3,(H,13,14);1-4,6H/b8-7+,13-10-;6-5+;. The van der Waals surface area contributed by atoms with Crippen LogP contribution in [0.1, 0.15) is 38.4 Å². The molecule has 0 radical (unpaired) electrons. The minimum absolute atomic E-state index is 0.0195. The summed E-state index contributed by atoms with van der Waals surface area (Å²) in [5.41, 5.74) is 6.91. The number of fused-ring (bicyclic) bond motifs is 2. The van der Waals surface area contributed by atoms with E-state index in [0.717, 1.165) is 45.6 Å². The first kappa shape index (κ1) is 31.7. The van der Waals surface area contributed by atoms with Gasteiger partial charge < -0.3 is 30.1 Å². The SMILES string of the molecule is COC(=O)/C=C/c1cccc2c1/C(=C/c1ccc[nH]1)C(=O)N2.COC(=O)/C=C/c1cccc2c1CC(=O)N2.O=Cc1ccc[nH]1. The van der Waals surface area contributed by atoms with Gasteiger partial charge in [-0.05, 0) is 71.3 Å². The van der Waals surface area contributed by atoms with Crippen LogP contribution in [0, 0.1) is 0 Å². The fraction of sp³-hybridized carbons (Fsp3) is 0.0882. The van der Waals surface area contributed by atoms with E-state index in [1.54, 1.807) is 42.8 Å². The van der Waals surface area contributed by atoms with Crippen molar-refractivity contribution in [3.8, 4) is 0 Å². The monoisotopic (exact) mass is 606 g/mol. The lowest BCUT2D eigenvalue weighted by Gasteiger charge is -2.03. The largest absolute Gasteiger partial charge is 0.466 e. The summed E-state index contributed by atoms with van der Waals surface area (Å²) in [6.07, 6.45) is 12.4. The normalized spacial score (nSPS) is 13.6. The molecule has 2 aromatic carbocycles. The smallest absolute Gasteiger partial charge is 0.330 e. The van der Waals surface area contributed by atoms with Gasteiger partial charge in [0, 0.05) is 47.2 Å². The molecule has 0 unspecified atom stereocenters. The zero-order valence-electron chi connectivity index (χ0n) is 24.5. The van der Waals surface area contributed by atoms with E-state index >= 15 is 0 Å². The first-order valence-electron chi connectivity index (χ1n) is 13.6. The van der Waals surface area contributed by atoms with Crippen LogP contribution in [0.25, 0.3) is 23.8 Å². The molecule has 2 aromatic heterocycles. The van der Waals surface area contributed by atoms with Gasteiger partial charge in [-0.2, -0.15) is 0 Å². The zero-order chi connectivity index (χ0) is 32.2. The van der Waals surface area contributed by atoms with E-state index in [1.165, 1.54) is 26.4 Å². The number of amides is 2. The van der Waals surface area contributed by atoms with Crippen molar-refractivity contribution in [3.05, 3.63) is 119 Å². The third-order valence-electron chi connectivity index (χ3n) is 6.55. The van der Waals surface area contributed by atoms with E-state index in [9.17, 15) is 24.0 Å². The van der Waals surface area contributed by atoms with Crippen molar-refractivity contribution in [2.45, 2.75) is 6.42 Å². The molecule has 2 amide bonds. The van der Waals surface area contributed by atoms with Crippen LogP contribution < -0.4 is 10.6 Å². The molecule has 0 atom stereocenters. The molecule has 2 aliphatic heterocycles. The number of carbonyl (C=O) groups excluding carboxylic acids is 5. The quantitative estimate of drug-likeness (QED) is 0.138. The zero-order valence-corrected chi connectivity index (χ0v) is 24.5. The Morgan fingerprint density at radius 3 is 1.91 bits per heavy atom. The number of hydrogen-bond acceptors (Lipinski definition) is 7. The number of aldehydes is 1. The number of ether oxygens (including phenoxy) is 2. The van der Waals surface area contributed by atoms with Crippen molar-refractivity contribution in [1.29, 1.82) is 0 Å². The van der Waals surface area contributed by atoms with Gasteiger partial charge >= 0.3 is 11.9 Å². The molecule has 228 valence electrons. The maximum atomic E-state index is 12.2. The molecule has 0 spiro atoms. The number of aromatic amines is 2. The Morgan fingerprint density at radius 1 is 0.733 bits per heavy atom. The second-order valence-electron chi connectivity index (χ2n) is 9.46. The predicted octanol–water partition coefficient (Wildman–Crippen LogP) is 4.89. The van der Waals surface area contributed by atoms with Crippen molar-refractivity contribution >= 4 is 65.2 Å². The summed E-state index contributed by atoms with van der Waals surface area (Å²) in [4.78, 5) is 61.2. The fourth-order valence-corrected chi connectivity index (χ4v) is 4.44. The Hall–Kier alpha value is -6.23. The molecule has 11 heteroatoms. The summed E-state index contributed by atoms with van der Waals surface area (Å²) in [7, 11) is 2.65. The Balaban J connectivity index is 0.000000174. The van der Waals surface area contributed by atoms with Gasteiger partial charge in [-0.1, -0.05) is 24.3 Å². The Kier molecular flexibility index (Phi) is 10.8. The second kappa shape index (κ2) is 15.3. The van der Waals surface area contributed by atoms with E-state index in [-0.39, 0.29) is 11.8 Å². The number of anilines is 2. The van der Waals surface area contributed by atoms with Crippen molar-refractivity contribution in [2.24, 2.45) is 0 Å². The maximum absolute atomic E-state index is 12.2. The predicted molar refractivity (Wildman–Crippen MR) is 171 cm³/mol. The minimum atomic E-state index is -0.440. The number of carbonyl (C=O) groups is 5. The Bertz CT molecular complexity index is 1780. The van der Waals surface area contributed by atoms with Crippen LogP contribution in [0.2, 0.25) is 0 Å². The van der Waals surface area contributed by atoms with Gasteiger partial charge in [-0.3, -0.25) is 14.4 Å². The van der Waals surface area contributed by atoms with Crippen LogP contribution in [-0.4, -0.2) is 54.2 Å². The van der Waals surface area contributed by atoms with E-state index in [0.29, 0.717) is 17.7 Å². The molecule has 0 saturated heterocycles. The lowest BCUT2D eigenvalue weighted by atomic mass is 9.99. The molecule has 11 nitrogen and oxygen atoms in total. The number of aromatic nitrogens is 2. The summed E-state index contributed by atoms with van der Waals surface area (Å²) in [6, 6.07) is 18.3. The lowest BCUT2D eigenvalue weighted by molar-refractivity contribution is -0.135. The van der Waals surface area contributed by atoms with Gasteiger partial charge in [-0.25, -0.2) is 9.59 Å².